The molecule has 2 bridgehead atoms. The molecule has 5 heteroatoms. The minimum absolute atomic E-state index is 0.140. The molecule has 0 spiro atoms. The van der Waals surface area contributed by atoms with E-state index < -0.39 is 6.10 Å². The highest BCUT2D eigenvalue weighted by Gasteiger charge is 2.64. The van der Waals surface area contributed by atoms with E-state index in [0.29, 0.717) is 12.8 Å². The van der Waals surface area contributed by atoms with Gasteiger partial charge >= 0.3 is 11.9 Å². The van der Waals surface area contributed by atoms with Gasteiger partial charge in [-0.25, -0.2) is 0 Å². The standard InChI is InChI=1S/C16H22O5/c1-2-3-4-5-6-7-8-12(17)20-14-11-9-10-13(19-11)15(14)21-16(10)18/h4-5,10-11,13-15H,2-3,6-9H2,1H3/b5-4-. The Morgan fingerprint density at radius 3 is 2.95 bits per heavy atom. The van der Waals surface area contributed by atoms with Gasteiger partial charge in [-0.15, -0.1) is 0 Å². The maximum Gasteiger partial charge on any atom is 0.312 e. The van der Waals surface area contributed by atoms with Crippen molar-refractivity contribution in [3.8, 4) is 0 Å². The Morgan fingerprint density at radius 2 is 2.14 bits per heavy atom. The highest BCUT2D eigenvalue weighted by molar-refractivity contribution is 5.77. The number of carbonyl (C=O) groups is 2. The summed E-state index contributed by atoms with van der Waals surface area (Å²) in [5.41, 5.74) is 0. The molecule has 3 fully saturated rings. The Labute approximate surface area is 124 Å². The number of unbranched alkanes of at least 4 members (excludes halogenated alkanes) is 2. The van der Waals surface area contributed by atoms with Crippen molar-refractivity contribution in [1.82, 2.24) is 0 Å². The summed E-state index contributed by atoms with van der Waals surface area (Å²) in [6.07, 6.45) is 8.04. The molecule has 0 aromatic heterocycles. The fraction of sp³-hybridized carbons (Fsp3) is 0.750. The second-order valence-electron chi connectivity index (χ2n) is 5.99. The van der Waals surface area contributed by atoms with Crippen molar-refractivity contribution in [2.24, 2.45) is 5.92 Å². The Kier molecular flexibility index (Phi) is 4.29. The average Bonchev–Trinajstić information content (AvgIpc) is 3.07. The quantitative estimate of drug-likeness (QED) is 0.409. The molecule has 0 saturated carbocycles. The van der Waals surface area contributed by atoms with Crippen LogP contribution in [0.2, 0.25) is 0 Å². The van der Waals surface area contributed by atoms with Crippen LogP contribution in [0.5, 0.6) is 0 Å². The number of rotatable bonds is 7. The van der Waals surface area contributed by atoms with E-state index in [9.17, 15) is 9.59 Å². The van der Waals surface area contributed by atoms with Crippen molar-refractivity contribution >= 4 is 11.9 Å². The summed E-state index contributed by atoms with van der Waals surface area (Å²) in [6.45, 7) is 2.14. The van der Waals surface area contributed by atoms with Crippen molar-refractivity contribution < 1.29 is 23.8 Å². The summed E-state index contributed by atoms with van der Waals surface area (Å²) >= 11 is 0. The molecule has 0 N–H and O–H groups in total. The lowest BCUT2D eigenvalue weighted by molar-refractivity contribution is -0.160. The Balaban J connectivity index is 1.41. The van der Waals surface area contributed by atoms with E-state index in [0.717, 1.165) is 25.7 Å². The van der Waals surface area contributed by atoms with Gasteiger partial charge < -0.3 is 14.2 Å². The zero-order valence-corrected chi connectivity index (χ0v) is 12.3. The van der Waals surface area contributed by atoms with Crippen LogP contribution >= 0.6 is 0 Å². The number of ether oxygens (including phenoxy) is 3. The molecule has 0 radical (unpaired) electrons. The van der Waals surface area contributed by atoms with Crippen LogP contribution in [0, 0.1) is 5.92 Å². The summed E-state index contributed by atoms with van der Waals surface area (Å²) < 4.78 is 16.4. The number of hydrogen-bond donors (Lipinski definition) is 0. The van der Waals surface area contributed by atoms with E-state index in [1.807, 2.05) is 0 Å². The van der Waals surface area contributed by atoms with Crippen LogP contribution in [-0.4, -0.2) is 36.4 Å². The van der Waals surface area contributed by atoms with Gasteiger partial charge in [0.15, 0.2) is 12.2 Å². The Hall–Kier alpha value is -1.36. The number of fused-ring (bicyclic) bond motifs is 1. The van der Waals surface area contributed by atoms with E-state index in [4.69, 9.17) is 14.2 Å². The van der Waals surface area contributed by atoms with Gasteiger partial charge in [0.05, 0.1) is 12.0 Å². The van der Waals surface area contributed by atoms with E-state index >= 15 is 0 Å². The van der Waals surface area contributed by atoms with E-state index in [1.165, 1.54) is 0 Å². The molecule has 21 heavy (non-hydrogen) atoms. The van der Waals surface area contributed by atoms with E-state index in [1.54, 1.807) is 0 Å². The highest BCUT2D eigenvalue weighted by Crippen LogP contribution is 2.47. The van der Waals surface area contributed by atoms with Gasteiger partial charge in [-0.1, -0.05) is 25.5 Å². The molecule has 0 aromatic carbocycles. The topological polar surface area (TPSA) is 61.8 Å². The fourth-order valence-corrected chi connectivity index (χ4v) is 3.36. The second kappa shape index (κ2) is 6.18. The zero-order chi connectivity index (χ0) is 14.8. The van der Waals surface area contributed by atoms with Crippen molar-refractivity contribution in [2.75, 3.05) is 0 Å². The smallest absolute Gasteiger partial charge is 0.312 e. The predicted molar refractivity (Wildman–Crippen MR) is 74.4 cm³/mol. The van der Waals surface area contributed by atoms with Crippen molar-refractivity contribution in [1.29, 1.82) is 0 Å². The van der Waals surface area contributed by atoms with Gasteiger partial charge in [-0.3, -0.25) is 9.59 Å². The first-order valence-corrected chi connectivity index (χ1v) is 7.91. The molecule has 3 rings (SSSR count). The highest BCUT2D eigenvalue weighted by atomic mass is 16.7. The monoisotopic (exact) mass is 294 g/mol. The first-order chi connectivity index (χ1) is 10.2. The number of allylic oxidation sites excluding steroid dienone is 2. The molecule has 3 aliphatic rings. The second-order valence-corrected chi connectivity index (χ2v) is 5.99. The molecule has 3 heterocycles. The van der Waals surface area contributed by atoms with Crippen LogP contribution in [-0.2, 0) is 23.8 Å². The van der Waals surface area contributed by atoms with Gasteiger partial charge in [0, 0.05) is 6.42 Å². The largest absolute Gasteiger partial charge is 0.455 e. The van der Waals surface area contributed by atoms with Gasteiger partial charge in [0.1, 0.15) is 6.10 Å². The molecule has 3 aliphatic heterocycles. The third-order valence-corrected chi connectivity index (χ3v) is 4.42. The average molecular weight is 294 g/mol. The third-order valence-electron chi connectivity index (χ3n) is 4.42. The summed E-state index contributed by atoms with van der Waals surface area (Å²) in [5.74, 6) is -0.565. The molecule has 0 aliphatic carbocycles. The fourth-order valence-electron chi connectivity index (χ4n) is 3.36. The Morgan fingerprint density at radius 1 is 1.33 bits per heavy atom. The molecule has 0 amide bonds. The lowest BCUT2D eigenvalue weighted by atomic mass is 9.88. The van der Waals surface area contributed by atoms with Crippen LogP contribution in [0.15, 0.2) is 12.2 Å². The molecular formula is C16H22O5. The number of carbonyl (C=O) groups excluding carboxylic acids is 2. The number of hydrogen-bond acceptors (Lipinski definition) is 5. The Bertz CT molecular complexity index is 444. The molecule has 5 nitrogen and oxygen atoms in total. The lowest BCUT2D eigenvalue weighted by Crippen LogP contribution is -2.40. The van der Waals surface area contributed by atoms with Gasteiger partial charge in [0.25, 0.3) is 0 Å². The van der Waals surface area contributed by atoms with Crippen molar-refractivity contribution in [3.05, 3.63) is 12.2 Å². The molecule has 5 unspecified atom stereocenters. The summed E-state index contributed by atoms with van der Waals surface area (Å²) in [7, 11) is 0. The molecule has 5 atom stereocenters. The molecule has 116 valence electrons. The minimum atomic E-state index is -0.402. The van der Waals surface area contributed by atoms with E-state index in [2.05, 4.69) is 19.1 Å². The van der Waals surface area contributed by atoms with Crippen LogP contribution in [0.4, 0.5) is 0 Å². The minimum Gasteiger partial charge on any atom is -0.455 e. The van der Waals surface area contributed by atoms with Crippen molar-refractivity contribution in [2.45, 2.75) is 69.9 Å². The van der Waals surface area contributed by atoms with Gasteiger partial charge in [0.2, 0.25) is 0 Å². The first-order valence-electron chi connectivity index (χ1n) is 7.91. The summed E-state index contributed by atoms with van der Waals surface area (Å²) in [4.78, 5) is 23.4. The third kappa shape index (κ3) is 2.84. The molecule has 0 aromatic rings. The predicted octanol–water partition coefficient (Wildman–Crippen LogP) is 2.14. The summed E-state index contributed by atoms with van der Waals surface area (Å²) in [6, 6.07) is 0. The van der Waals surface area contributed by atoms with Crippen LogP contribution in [0.25, 0.3) is 0 Å². The zero-order valence-electron chi connectivity index (χ0n) is 12.3. The lowest BCUT2D eigenvalue weighted by Gasteiger charge is -2.22. The van der Waals surface area contributed by atoms with Gasteiger partial charge in [-0.2, -0.15) is 0 Å². The molecule has 3 saturated heterocycles. The first kappa shape index (κ1) is 14.6. The van der Waals surface area contributed by atoms with Crippen LogP contribution < -0.4 is 0 Å². The normalized spacial score (nSPS) is 36.4. The SMILES string of the molecule is CCC/C=C\CCCC(=O)OC1C2CC3C(=O)OC1C3O2. The van der Waals surface area contributed by atoms with Crippen molar-refractivity contribution in [3.63, 3.8) is 0 Å². The van der Waals surface area contributed by atoms with E-state index in [-0.39, 0.29) is 36.2 Å². The maximum atomic E-state index is 11.9. The molecular weight excluding hydrogens is 272 g/mol. The summed E-state index contributed by atoms with van der Waals surface area (Å²) in [5, 5.41) is 0. The van der Waals surface area contributed by atoms with Crippen LogP contribution in [0.3, 0.4) is 0 Å². The number of esters is 2. The van der Waals surface area contributed by atoms with Crippen LogP contribution in [0.1, 0.15) is 45.4 Å². The van der Waals surface area contributed by atoms with Gasteiger partial charge in [-0.05, 0) is 25.7 Å². The maximum absolute atomic E-state index is 11.9.